The summed E-state index contributed by atoms with van der Waals surface area (Å²) in [7, 11) is -3.62. The van der Waals surface area contributed by atoms with Gasteiger partial charge in [0, 0.05) is 25.9 Å². The first-order valence-corrected chi connectivity index (χ1v) is 8.18. The molecule has 3 rings (SSSR count). The number of aryl methyl sites for hydroxylation is 2. The molecule has 0 atom stereocenters. The molecule has 8 nitrogen and oxygen atoms in total. The van der Waals surface area contributed by atoms with Crippen molar-refractivity contribution < 1.29 is 22.5 Å². The van der Waals surface area contributed by atoms with Gasteiger partial charge in [-0.15, -0.1) is 0 Å². The van der Waals surface area contributed by atoms with Gasteiger partial charge in [0.1, 0.15) is 16.2 Å². The van der Waals surface area contributed by atoms with Crippen LogP contribution < -0.4 is 5.32 Å². The molecule has 0 saturated carbocycles. The summed E-state index contributed by atoms with van der Waals surface area (Å²) in [6.45, 7) is 4.24. The lowest BCUT2D eigenvalue weighted by Crippen LogP contribution is -2.48. The first-order chi connectivity index (χ1) is 9.84. The van der Waals surface area contributed by atoms with Crippen LogP contribution in [0.3, 0.4) is 0 Å². The summed E-state index contributed by atoms with van der Waals surface area (Å²) in [4.78, 5) is 11.3. The summed E-state index contributed by atoms with van der Waals surface area (Å²) in [6.07, 6.45) is 0.528. The Hall–Kier alpha value is -1.61. The van der Waals surface area contributed by atoms with E-state index in [0.717, 1.165) is 0 Å². The van der Waals surface area contributed by atoms with Crippen molar-refractivity contribution in [1.82, 2.24) is 14.8 Å². The second-order valence-corrected chi connectivity index (χ2v) is 7.36. The fraction of sp³-hybridized carbons (Fsp3) is 0.667. The molecule has 1 aromatic heterocycles. The minimum absolute atomic E-state index is 0.139. The zero-order chi connectivity index (χ0) is 15.3. The normalized spacial score (nSPS) is 22.3. The van der Waals surface area contributed by atoms with E-state index in [1.54, 1.807) is 13.8 Å². The number of aromatic nitrogens is 1. The molecule has 3 heterocycles. The molecule has 2 aliphatic rings. The number of nitrogens with zero attached hydrogens (tertiary/aromatic N) is 2. The van der Waals surface area contributed by atoms with Gasteiger partial charge in [0.15, 0.2) is 5.76 Å². The lowest BCUT2D eigenvalue weighted by molar-refractivity contribution is 0.0173. The fourth-order valence-electron chi connectivity index (χ4n) is 2.89. The highest BCUT2D eigenvalue weighted by Gasteiger charge is 2.45. The molecule has 1 amide bonds. The lowest BCUT2D eigenvalue weighted by Gasteiger charge is -2.36. The van der Waals surface area contributed by atoms with Gasteiger partial charge in [-0.1, -0.05) is 5.16 Å². The van der Waals surface area contributed by atoms with Gasteiger partial charge in [0.2, 0.25) is 10.0 Å². The molecule has 1 spiro atoms. The highest BCUT2D eigenvalue weighted by molar-refractivity contribution is 7.89. The summed E-state index contributed by atoms with van der Waals surface area (Å²) in [5.41, 5.74) is -0.205. The van der Waals surface area contributed by atoms with Crippen LogP contribution in [0.2, 0.25) is 0 Å². The average Bonchev–Trinajstić information content (AvgIpc) is 2.94. The van der Waals surface area contributed by atoms with Crippen LogP contribution in [0.1, 0.15) is 24.3 Å². The molecule has 9 heteroatoms. The highest BCUT2D eigenvalue weighted by atomic mass is 32.2. The van der Waals surface area contributed by atoms with Crippen molar-refractivity contribution in [3.63, 3.8) is 0 Å². The van der Waals surface area contributed by atoms with Crippen LogP contribution in [0, 0.1) is 13.8 Å². The third-order valence-electron chi connectivity index (χ3n) is 4.06. The van der Waals surface area contributed by atoms with Gasteiger partial charge in [-0.2, -0.15) is 4.31 Å². The number of piperidine rings is 1. The Morgan fingerprint density at radius 3 is 2.43 bits per heavy atom. The molecule has 2 saturated heterocycles. The summed E-state index contributed by atoms with van der Waals surface area (Å²) >= 11 is 0. The largest absolute Gasteiger partial charge is 0.441 e. The smallest absolute Gasteiger partial charge is 0.407 e. The Balaban J connectivity index is 1.79. The number of sulfonamides is 1. The number of rotatable bonds is 2. The molecule has 1 N–H and O–H groups in total. The van der Waals surface area contributed by atoms with Gasteiger partial charge in [-0.3, -0.25) is 0 Å². The second kappa shape index (κ2) is 4.70. The minimum Gasteiger partial charge on any atom is -0.441 e. The standard InChI is InChI=1S/C12H17N3O5S/c1-8-10(9(2)20-14-8)21(17,18)15-5-3-12(4-6-15)7-13-11(16)19-12/h3-7H2,1-2H3,(H,13,16). The van der Waals surface area contributed by atoms with Crippen molar-refractivity contribution >= 4 is 16.1 Å². The van der Waals surface area contributed by atoms with Crippen molar-refractivity contribution in [2.75, 3.05) is 19.6 Å². The van der Waals surface area contributed by atoms with E-state index in [0.29, 0.717) is 43.9 Å². The van der Waals surface area contributed by atoms with Gasteiger partial charge in [0.25, 0.3) is 0 Å². The Morgan fingerprint density at radius 1 is 1.29 bits per heavy atom. The predicted molar refractivity (Wildman–Crippen MR) is 71.2 cm³/mol. The van der Waals surface area contributed by atoms with Crippen LogP contribution in [0.5, 0.6) is 0 Å². The molecule has 116 valence electrons. The van der Waals surface area contributed by atoms with E-state index < -0.39 is 21.7 Å². The van der Waals surface area contributed by atoms with Crippen LogP contribution in [0.25, 0.3) is 0 Å². The zero-order valence-electron chi connectivity index (χ0n) is 11.9. The van der Waals surface area contributed by atoms with Gasteiger partial charge < -0.3 is 14.6 Å². The molecular formula is C12H17N3O5S. The highest BCUT2D eigenvalue weighted by Crippen LogP contribution is 2.33. The molecule has 1 aromatic rings. The van der Waals surface area contributed by atoms with E-state index in [1.165, 1.54) is 4.31 Å². The van der Waals surface area contributed by atoms with Crippen LogP contribution in [0.15, 0.2) is 9.42 Å². The number of alkyl carbamates (subject to hydrolysis) is 1. The van der Waals surface area contributed by atoms with Gasteiger partial charge >= 0.3 is 6.09 Å². The van der Waals surface area contributed by atoms with Crippen molar-refractivity contribution in [2.45, 2.75) is 37.2 Å². The first kappa shape index (κ1) is 14.3. The number of nitrogens with one attached hydrogen (secondary N) is 1. The molecule has 0 unspecified atom stereocenters. The molecule has 0 aromatic carbocycles. The van der Waals surface area contributed by atoms with E-state index in [1.807, 2.05) is 0 Å². The first-order valence-electron chi connectivity index (χ1n) is 6.74. The SMILES string of the molecule is Cc1noc(C)c1S(=O)(=O)N1CCC2(CC1)CNC(=O)O2. The van der Waals surface area contributed by atoms with E-state index in [4.69, 9.17) is 9.26 Å². The maximum atomic E-state index is 12.7. The van der Waals surface area contributed by atoms with Crippen LogP contribution in [0.4, 0.5) is 4.79 Å². The van der Waals surface area contributed by atoms with E-state index in [-0.39, 0.29) is 4.90 Å². The molecule has 0 aliphatic carbocycles. The Kier molecular flexibility index (Phi) is 3.21. The number of hydrogen-bond donors (Lipinski definition) is 1. The van der Waals surface area contributed by atoms with E-state index in [2.05, 4.69) is 10.5 Å². The average molecular weight is 315 g/mol. The molecular weight excluding hydrogens is 298 g/mol. The van der Waals surface area contributed by atoms with E-state index >= 15 is 0 Å². The zero-order valence-corrected chi connectivity index (χ0v) is 12.7. The van der Waals surface area contributed by atoms with E-state index in [9.17, 15) is 13.2 Å². The third kappa shape index (κ3) is 2.30. The predicted octanol–water partition coefficient (Wildman–Crippen LogP) is 0.555. The monoisotopic (exact) mass is 315 g/mol. The summed E-state index contributed by atoms with van der Waals surface area (Å²) in [5, 5.41) is 6.32. The molecule has 0 bridgehead atoms. The summed E-state index contributed by atoms with van der Waals surface area (Å²) < 4.78 is 37.0. The number of carbonyl (C=O) groups excluding carboxylic acids is 1. The minimum atomic E-state index is -3.62. The van der Waals surface area contributed by atoms with Crippen molar-refractivity contribution in [2.24, 2.45) is 0 Å². The van der Waals surface area contributed by atoms with Crippen molar-refractivity contribution in [1.29, 1.82) is 0 Å². The number of amides is 1. The summed E-state index contributed by atoms with van der Waals surface area (Å²) in [6, 6.07) is 0. The molecule has 2 aliphatic heterocycles. The summed E-state index contributed by atoms with van der Waals surface area (Å²) in [5.74, 6) is 0.293. The quantitative estimate of drug-likeness (QED) is 0.855. The van der Waals surface area contributed by atoms with Crippen LogP contribution in [-0.4, -0.2) is 49.2 Å². The topological polar surface area (TPSA) is 102 Å². The molecule has 2 fully saturated rings. The lowest BCUT2D eigenvalue weighted by atomic mass is 9.93. The Bertz CT molecular complexity index is 654. The fourth-order valence-corrected chi connectivity index (χ4v) is 4.62. The Labute approximate surface area is 122 Å². The van der Waals surface area contributed by atoms with Crippen molar-refractivity contribution in [3.05, 3.63) is 11.5 Å². The van der Waals surface area contributed by atoms with Gasteiger partial charge in [-0.25, -0.2) is 13.2 Å². The van der Waals surface area contributed by atoms with Gasteiger partial charge in [0.05, 0.1) is 6.54 Å². The van der Waals surface area contributed by atoms with Crippen molar-refractivity contribution in [3.8, 4) is 0 Å². The maximum absolute atomic E-state index is 12.7. The van der Waals surface area contributed by atoms with Crippen LogP contribution >= 0.6 is 0 Å². The number of ether oxygens (including phenoxy) is 1. The van der Waals surface area contributed by atoms with Gasteiger partial charge in [-0.05, 0) is 13.8 Å². The third-order valence-corrected chi connectivity index (χ3v) is 6.21. The molecule has 0 radical (unpaired) electrons. The van der Waals surface area contributed by atoms with Crippen LogP contribution in [-0.2, 0) is 14.8 Å². The Morgan fingerprint density at radius 2 is 1.95 bits per heavy atom. The molecule has 21 heavy (non-hydrogen) atoms. The number of hydrogen-bond acceptors (Lipinski definition) is 6. The second-order valence-electron chi connectivity index (χ2n) is 5.48. The maximum Gasteiger partial charge on any atom is 0.407 e. The number of carbonyl (C=O) groups is 1.